The van der Waals surface area contributed by atoms with E-state index in [-0.39, 0.29) is 12.1 Å². The lowest BCUT2D eigenvalue weighted by atomic mass is 9.98. The molecule has 28 heavy (non-hydrogen) atoms. The van der Waals surface area contributed by atoms with Crippen molar-refractivity contribution in [3.63, 3.8) is 0 Å². The van der Waals surface area contributed by atoms with Crippen molar-refractivity contribution in [1.82, 2.24) is 9.97 Å². The van der Waals surface area contributed by atoms with Crippen LogP contribution in [0.3, 0.4) is 0 Å². The number of esters is 1. The summed E-state index contributed by atoms with van der Waals surface area (Å²) in [6.45, 7) is 6.08. The van der Waals surface area contributed by atoms with Crippen molar-refractivity contribution in [2.24, 2.45) is 0 Å². The smallest absolute Gasteiger partial charge is 0.348 e. The third-order valence-corrected chi connectivity index (χ3v) is 6.56. The van der Waals surface area contributed by atoms with Gasteiger partial charge < -0.3 is 10.1 Å². The van der Waals surface area contributed by atoms with Gasteiger partial charge in [-0.05, 0) is 69.2 Å². The number of rotatable bonds is 4. The van der Waals surface area contributed by atoms with E-state index < -0.39 is 0 Å². The third-order valence-electron chi connectivity index (χ3n) is 5.38. The topological polar surface area (TPSA) is 64.1 Å². The van der Waals surface area contributed by atoms with Crippen LogP contribution in [-0.4, -0.2) is 22.0 Å². The summed E-state index contributed by atoms with van der Waals surface area (Å²) < 4.78 is 5.78. The fourth-order valence-electron chi connectivity index (χ4n) is 3.75. The van der Waals surface area contributed by atoms with E-state index in [1.165, 1.54) is 23.3 Å². The van der Waals surface area contributed by atoms with Crippen LogP contribution < -0.4 is 5.32 Å². The van der Waals surface area contributed by atoms with Crippen molar-refractivity contribution >= 4 is 39.0 Å². The van der Waals surface area contributed by atoms with E-state index >= 15 is 0 Å². The van der Waals surface area contributed by atoms with Crippen LogP contribution in [0.4, 0.5) is 11.5 Å². The summed E-state index contributed by atoms with van der Waals surface area (Å²) in [4.78, 5) is 23.1. The summed E-state index contributed by atoms with van der Waals surface area (Å²) in [5.41, 5.74) is 4.21. The predicted molar refractivity (Wildman–Crippen MR) is 114 cm³/mol. The molecule has 3 aromatic rings. The van der Waals surface area contributed by atoms with Crippen LogP contribution in [0.15, 0.2) is 24.5 Å². The van der Waals surface area contributed by atoms with Crippen LogP contribution >= 0.6 is 11.3 Å². The molecule has 5 nitrogen and oxygen atoms in total. The van der Waals surface area contributed by atoms with E-state index in [1.807, 2.05) is 6.92 Å². The highest BCUT2D eigenvalue weighted by atomic mass is 32.1. The zero-order valence-corrected chi connectivity index (χ0v) is 17.4. The molecule has 1 aliphatic rings. The third kappa shape index (κ3) is 3.74. The normalized spacial score (nSPS) is 15.0. The molecule has 0 saturated heterocycles. The number of anilines is 2. The molecule has 1 fully saturated rings. The van der Waals surface area contributed by atoms with Crippen LogP contribution in [0.1, 0.15) is 58.5 Å². The van der Waals surface area contributed by atoms with Gasteiger partial charge in [0.1, 0.15) is 28.0 Å². The molecule has 0 amide bonds. The number of benzene rings is 1. The molecule has 1 aliphatic carbocycles. The Labute approximate surface area is 169 Å². The Balaban J connectivity index is 1.66. The van der Waals surface area contributed by atoms with Gasteiger partial charge in [-0.3, -0.25) is 0 Å². The standard InChI is InChI=1S/C22H25N3O2S/c1-13-9-10-14(2)17(11-13)25-20-18-15(3)19(28-21(18)24-12-23-20)22(26)27-16-7-5-4-6-8-16/h9-12,16H,4-8H2,1-3H3,(H,23,24,25). The van der Waals surface area contributed by atoms with Crippen molar-refractivity contribution in [2.75, 3.05) is 5.32 Å². The van der Waals surface area contributed by atoms with E-state index in [0.29, 0.717) is 4.88 Å². The highest BCUT2D eigenvalue weighted by molar-refractivity contribution is 7.20. The van der Waals surface area contributed by atoms with Crippen LogP contribution in [0, 0.1) is 20.8 Å². The first kappa shape index (κ1) is 18.9. The van der Waals surface area contributed by atoms with Crippen LogP contribution in [0.25, 0.3) is 10.2 Å². The number of nitrogens with zero attached hydrogens (tertiary/aromatic N) is 2. The number of thiophene rings is 1. The van der Waals surface area contributed by atoms with Crippen molar-refractivity contribution < 1.29 is 9.53 Å². The van der Waals surface area contributed by atoms with Gasteiger partial charge in [0, 0.05) is 5.69 Å². The first-order valence-corrected chi connectivity index (χ1v) is 10.6. The Bertz CT molecular complexity index is 1020. The average Bonchev–Trinajstić information content (AvgIpc) is 3.03. The number of carbonyl (C=O) groups excluding carboxylic acids is 1. The molecule has 1 saturated carbocycles. The van der Waals surface area contributed by atoms with Crippen LogP contribution in [0.5, 0.6) is 0 Å². The van der Waals surface area contributed by atoms with Crippen molar-refractivity contribution in [2.45, 2.75) is 59.0 Å². The summed E-state index contributed by atoms with van der Waals surface area (Å²) in [5.74, 6) is 0.495. The summed E-state index contributed by atoms with van der Waals surface area (Å²) in [6, 6.07) is 6.28. The Kier molecular flexibility index (Phi) is 5.31. The Morgan fingerprint density at radius 3 is 2.71 bits per heavy atom. The molecule has 2 aromatic heterocycles. The highest BCUT2D eigenvalue weighted by Crippen LogP contribution is 2.36. The van der Waals surface area contributed by atoms with Gasteiger partial charge in [0.2, 0.25) is 0 Å². The fourth-order valence-corrected chi connectivity index (χ4v) is 4.78. The van der Waals surface area contributed by atoms with E-state index in [1.54, 1.807) is 6.33 Å². The SMILES string of the molecule is Cc1ccc(C)c(Nc2ncnc3sc(C(=O)OC4CCCCC4)c(C)c23)c1. The van der Waals surface area contributed by atoms with Crippen LogP contribution in [0.2, 0.25) is 0 Å². The Hall–Kier alpha value is -2.47. The number of carbonyl (C=O) groups is 1. The first-order chi connectivity index (χ1) is 13.5. The molecule has 1 aromatic carbocycles. The van der Waals surface area contributed by atoms with E-state index in [4.69, 9.17) is 4.74 Å². The van der Waals surface area contributed by atoms with Crippen LogP contribution in [-0.2, 0) is 4.74 Å². The molecular formula is C22H25N3O2S. The largest absolute Gasteiger partial charge is 0.458 e. The molecule has 0 unspecified atom stereocenters. The van der Waals surface area contributed by atoms with Crippen molar-refractivity contribution in [3.8, 4) is 0 Å². The fraction of sp³-hybridized carbons (Fsp3) is 0.409. The van der Waals surface area contributed by atoms with Crippen molar-refractivity contribution in [1.29, 1.82) is 0 Å². The second kappa shape index (κ2) is 7.87. The second-order valence-electron chi connectivity index (χ2n) is 7.57. The van der Waals surface area contributed by atoms with Gasteiger partial charge >= 0.3 is 5.97 Å². The van der Waals surface area contributed by atoms with Gasteiger partial charge in [0.05, 0.1) is 5.39 Å². The molecule has 6 heteroatoms. The monoisotopic (exact) mass is 395 g/mol. The quantitative estimate of drug-likeness (QED) is 0.561. The van der Waals surface area contributed by atoms with Gasteiger partial charge in [-0.2, -0.15) is 0 Å². The van der Waals surface area contributed by atoms with Gasteiger partial charge in [-0.25, -0.2) is 14.8 Å². The molecule has 0 atom stereocenters. The lowest BCUT2D eigenvalue weighted by molar-refractivity contribution is 0.0216. The maximum atomic E-state index is 12.8. The van der Waals surface area contributed by atoms with E-state index in [9.17, 15) is 4.79 Å². The molecule has 0 radical (unpaired) electrons. The van der Waals surface area contributed by atoms with Crippen molar-refractivity contribution in [3.05, 3.63) is 46.1 Å². The lowest BCUT2D eigenvalue weighted by Crippen LogP contribution is -2.20. The second-order valence-corrected chi connectivity index (χ2v) is 8.57. The summed E-state index contributed by atoms with van der Waals surface area (Å²) in [5, 5.41) is 4.33. The molecule has 4 rings (SSSR count). The zero-order valence-electron chi connectivity index (χ0n) is 16.5. The minimum Gasteiger partial charge on any atom is -0.458 e. The maximum Gasteiger partial charge on any atom is 0.348 e. The highest BCUT2D eigenvalue weighted by Gasteiger charge is 2.24. The zero-order chi connectivity index (χ0) is 19.7. The van der Waals surface area contributed by atoms with Gasteiger partial charge in [-0.1, -0.05) is 18.6 Å². The van der Waals surface area contributed by atoms with Gasteiger partial charge in [0.25, 0.3) is 0 Å². The maximum absolute atomic E-state index is 12.8. The minimum absolute atomic E-state index is 0.0458. The molecule has 0 aliphatic heterocycles. The predicted octanol–water partition coefficient (Wildman–Crippen LogP) is 5.85. The van der Waals surface area contributed by atoms with E-state index in [0.717, 1.165) is 58.5 Å². The van der Waals surface area contributed by atoms with Gasteiger partial charge in [-0.15, -0.1) is 11.3 Å². The molecule has 2 heterocycles. The number of nitrogens with one attached hydrogen (secondary N) is 1. The number of aromatic nitrogens is 2. The minimum atomic E-state index is -0.231. The number of fused-ring (bicyclic) bond motifs is 1. The molecule has 146 valence electrons. The number of hydrogen-bond donors (Lipinski definition) is 1. The molecule has 0 spiro atoms. The Morgan fingerprint density at radius 2 is 1.93 bits per heavy atom. The average molecular weight is 396 g/mol. The van der Waals surface area contributed by atoms with E-state index in [2.05, 4.69) is 47.3 Å². The summed E-state index contributed by atoms with van der Waals surface area (Å²) in [6.07, 6.45) is 7.03. The summed E-state index contributed by atoms with van der Waals surface area (Å²) in [7, 11) is 0. The number of aryl methyl sites for hydroxylation is 3. The first-order valence-electron chi connectivity index (χ1n) is 9.82. The molecular weight excluding hydrogens is 370 g/mol. The van der Waals surface area contributed by atoms with Gasteiger partial charge in [0.15, 0.2) is 0 Å². The Morgan fingerprint density at radius 1 is 1.14 bits per heavy atom. The number of ether oxygens (including phenoxy) is 1. The molecule has 1 N–H and O–H groups in total. The lowest BCUT2D eigenvalue weighted by Gasteiger charge is -2.21. The molecule has 0 bridgehead atoms. The number of hydrogen-bond acceptors (Lipinski definition) is 6. The summed E-state index contributed by atoms with van der Waals surface area (Å²) >= 11 is 1.39.